The van der Waals surface area contributed by atoms with E-state index in [1.165, 1.54) is 0 Å². The van der Waals surface area contributed by atoms with Crippen molar-refractivity contribution >= 4 is 23.8 Å². The number of carbonyl (C=O) groups is 4. The van der Waals surface area contributed by atoms with Crippen molar-refractivity contribution < 1.29 is 29.4 Å². The van der Waals surface area contributed by atoms with E-state index in [-0.39, 0.29) is 37.7 Å². The summed E-state index contributed by atoms with van der Waals surface area (Å²) in [5.41, 5.74) is 0.547. The van der Waals surface area contributed by atoms with Crippen molar-refractivity contribution in [1.82, 2.24) is 20.9 Å². The van der Waals surface area contributed by atoms with Crippen molar-refractivity contribution in [3.8, 4) is 0 Å². The first-order chi connectivity index (χ1) is 20.9. The highest BCUT2D eigenvalue weighted by molar-refractivity contribution is 5.87. The number of rotatable bonds is 14. The Morgan fingerprint density at radius 1 is 0.844 bits per heavy atom. The maximum atomic E-state index is 13.8. The van der Waals surface area contributed by atoms with Gasteiger partial charge in [-0.2, -0.15) is 0 Å². The van der Waals surface area contributed by atoms with Crippen LogP contribution in [0.3, 0.4) is 0 Å². The number of carbonyl (C=O) groups excluding carboxylic acids is 4. The molecule has 0 unspecified atom stereocenters. The first kappa shape index (κ1) is 37.3. The molecule has 0 aliphatic rings. The van der Waals surface area contributed by atoms with Crippen molar-refractivity contribution in [2.45, 2.75) is 98.5 Å². The van der Waals surface area contributed by atoms with Gasteiger partial charge >= 0.3 is 0 Å². The molecule has 4 amide bonds. The molecule has 0 aliphatic carbocycles. The van der Waals surface area contributed by atoms with Crippen LogP contribution in [0.4, 0.5) is 4.79 Å². The molecule has 0 spiro atoms. The Morgan fingerprint density at radius 2 is 1.38 bits per heavy atom. The normalized spacial score (nSPS) is 14.5. The number of nitrogens with zero attached hydrogens (tertiary/aromatic N) is 1. The minimum atomic E-state index is -1.48. The summed E-state index contributed by atoms with van der Waals surface area (Å²) in [6.45, 7) is 14.5. The largest absolute Gasteiger partial charge is 0.530 e. The molecule has 0 heterocycles. The van der Waals surface area contributed by atoms with E-state index in [0.29, 0.717) is 5.56 Å². The molecule has 2 aromatic rings. The van der Waals surface area contributed by atoms with Crippen LogP contribution in [0.2, 0.25) is 0 Å². The molecule has 45 heavy (non-hydrogen) atoms. The van der Waals surface area contributed by atoms with Gasteiger partial charge in [-0.25, -0.2) is 0 Å². The SMILES string of the molecule is CC(C)[C@@H](C(=O)N[C@@H](Cc1ccccc1)[C@H](O)CNC(=O)[C@H](CC(=O)NC(C)(C)C)C(C)(C)C)N(Cc1ccccc1)C(=O)[O-]. The molecule has 248 valence electrons. The van der Waals surface area contributed by atoms with Gasteiger partial charge in [-0.1, -0.05) is 95.3 Å². The molecule has 0 saturated carbocycles. The Balaban J connectivity index is 2.27. The van der Waals surface area contributed by atoms with E-state index in [2.05, 4.69) is 16.0 Å². The molecular formula is C35H51N4O6-. The van der Waals surface area contributed by atoms with E-state index in [0.717, 1.165) is 10.5 Å². The minimum absolute atomic E-state index is 0.0244. The van der Waals surface area contributed by atoms with Crippen molar-refractivity contribution in [3.05, 3.63) is 71.8 Å². The van der Waals surface area contributed by atoms with Gasteiger partial charge in [0.2, 0.25) is 17.7 Å². The number of hydrogen-bond donors (Lipinski definition) is 4. The van der Waals surface area contributed by atoms with Crippen molar-refractivity contribution in [2.24, 2.45) is 17.3 Å². The summed E-state index contributed by atoms with van der Waals surface area (Å²) >= 11 is 0. The van der Waals surface area contributed by atoms with Gasteiger partial charge in [-0.05, 0) is 49.7 Å². The lowest BCUT2D eigenvalue weighted by atomic mass is 9.77. The van der Waals surface area contributed by atoms with E-state index in [1.54, 1.807) is 38.1 Å². The molecular weight excluding hydrogens is 572 g/mol. The summed E-state index contributed by atoms with van der Waals surface area (Å²) in [7, 11) is 0. The smallest absolute Gasteiger partial charge is 0.243 e. The highest BCUT2D eigenvalue weighted by Gasteiger charge is 2.36. The maximum Gasteiger partial charge on any atom is 0.243 e. The fraction of sp³-hybridized carbons (Fsp3) is 0.543. The summed E-state index contributed by atoms with van der Waals surface area (Å²) in [4.78, 5) is 53.1. The van der Waals surface area contributed by atoms with Gasteiger partial charge in [0.05, 0.1) is 18.1 Å². The molecule has 0 aliphatic heterocycles. The summed E-state index contributed by atoms with van der Waals surface area (Å²) in [5, 5.41) is 32.1. The fourth-order valence-electron chi connectivity index (χ4n) is 5.20. The van der Waals surface area contributed by atoms with Gasteiger partial charge in [0, 0.05) is 25.0 Å². The number of benzene rings is 2. The zero-order valence-electron chi connectivity index (χ0n) is 27.9. The molecule has 0 saturated heterocycles. The van der Waals surface area contributed by atoms with Crippen molar-refractivity contribution in [2.75, 3.05) is 6.54 Å². The molecule has 0 fully saturated rings. The Morgan fingerprint density at radius 3 is 1.84 bits per heavy atom. The minimum Gasteiger partial charge on any atom is -0.530 e. The molecule has 4 atom stereocenters. The molecule has 0 radical (unpaired) electrons. The number of amides is 4. The van der Waals surface area contributed by atoms with Crippen LogP contribution in [-0.4, -0.2) is 64.1 Å². The Labute approximate surface area is 268 Å². The molecule has 0 bridgehead atoms. The van der Waals surface area contributed by atoms with Gasteiger partial charge in [0.15, 0.2) is 0 Å². The lowest BCUT2D eigenvalue weighted by molar-refractivity contribution is -0.269. The van der Waals surface area contributed by atoms with E-state index in [1.807, 2.05) is 77.9 Å². The first-order valence-electron chi connectivity index (χ1n) is 15.5. The van der Waals surface area contributed by atoms with Crippen LogP contribution in [0.5, 0.6) is 0 Å². The van der Waals surface area contributed by atoms with E-state index in [9.17, 15) is 29.4 Å². The van der Waals surface area contributed by atoms with Crippen LogP contribution in [-0.2, 0) is 27.3 Å². The predicted octanol–water partition coefficient (Wildman–Crippen LogP) is 3.03. The van der Waals surface area contributed by atoms with Crippen LogP contribution in [0, 0.1) is 17.3 Å². The average molecular weight is 624 g/mol. The lowest BCUT2D eigenvalue weighted by Crippen LogP contribution is -2.59. The molecule has 2 rings (SSSR count). The molecule has 10 nitrogen and oxygen atoms in total. The molecule has 4 N–H and O–H groups in total. The number of carboxylic acid groups (broad SMARTS) is 1. The highest BCUT2D eigenvalue weighted by Crippen LogP contribution is 2.29. The maximum absolute atomic E-state index is 13.8. The van der Waals surface area contributed by atoms with E-state index in [4.69, 9.17) is 0 Å². The number of nitrogens with one attached hydrogen (secondary N) is 3. The van der Waals surface area contributed by atoms with Crippen molar-refractivity contribution in [3.63, 3.8) is 0 Å². The van der Waals surface area contributed by atoms with Gasteiger partial charge < -0.3 is 35.9 Å². The monoisotopic (exact) mass is 623 g/mol. The third-order valence-corrected chi connectivity index (χ3v) is 7.51. The van der Waals surface area contributed by atoms with Gasteiger partial charge in [-0.15, -0.1) is 0 Å². The van der Waals surface area contributed by atoms with E-state index < -0.39 is 53.0 Å². The predicted molar refractivity (Wildman–Crippen MR) is 173 cm³/mol. The summed E-state index contributed by atoms with van der Waals surface area (Å²) in [6, 6.07) is 16.2. The number of aliphatic hydroxyl groups excluding tert-OH is 1. The first-order valence-corrected chi connectivity index (χ1v) is 15.5. The van der Waals surface area contributed by atoms with Crippen LogP contribution >= 0.6 is 0 Å². The van der Waals surface area contributed by atoms with Crippen LogP contribution in [0.15, 0.2) is 60.7 Å². The molecule has 2 aromatic carbocycles. The zero-order chi connectivity index (χ0) is 33.9. The van der Waals surface area contributed by atoms with E-state index >= 15 is 0 Å². The van der Waals surface area contributed by atoms with Crippen molar-refractivity contribution in [1.29, 1.82) is 0 Å². The van der Waals surface area contributed by atoms with Crippen LogP contribution < -0.4 is 21.1 Å². The Bertz CT molecular complexity index is 1250. The van der Waals surface area contributed by atoms with Gasteiger partial charge in [0.25, 0.3) is 0 Å². The second-order valence-corrected chi connectivity index (χ2v) is 14.1. The second-order valence-electron chi connectivity index (χ2n) is 14.1. The number of aliphatic hydroxyl groups is 1. The second kappa shape index (κ2) is 16.4. The number of hydrogen-bond acceptors (Lipinski definition) is 6. The standard InChI is InChI=1S/C35H52N4O6/c1-23(2)30(39(33(44)45)22-25-17-13-10-14-18-25)32(43)37-27(19-24-15-11-9-12-16-24)28(40)21-36-31(42)26(34(3,4)5)20-29(41)38-35(6,7)8/h9-18,23,26-28,30,40H,19-22H2,1-8H3,(H,36,42)(H,37,43)(H,38,41)(H,44,45)/p-1/t26-,27-,28+,30-/m0/s1. The quantitative estimate of drug-likeness (QED) is 0.254. The highest BCUT2D eigenvalue weighted by atomic mass is 16.4. The zero-order valence-corrected chi connectivity index (χ0v) is 27.9. The van der Waals surface area contributed by atoms with Gasteiger partial charge in [-0.3, -0.25) is 14.4 Å². The lowest BCUT2D eigenvalue weighted by Gasteiger charge is -2.37. The van der Waals surface area contributed by atoms with Crippen LogP contribution in [0.25, 0.3) is 0 Å². The third kappa shape index (κ3) is 12.5. The van der Waals surface area contributed by atoms with Crippen LogP contribution in [0.1, 0.15) is 72.9 Å². The summed E-state index contributed by atoms with van der Waals surface area (Å²) in [5.74, 6) is -2.30. The molecule has 0 aromatic heterocycles. The topological polar surface area (TPSA) is 151 Å². The summed E-state index contributed by atoms with van der Waals surface area (Å²) in [6.07, 6.45) is -2.50. The fourth-order valence-corrected chi connectivity index (χ4v) is 5.20. The molecule has 10 heteroatoms. The third-order valence-electron chi connectivity index (χ3n) is 7.51. The summed E-state index contributed by atoms with van der Waals surface area (Å²) < 4.78 is 0. The Hall–Kier alpha value is -3.92. The van der Waals surface area contributed by atoms with Gasteiger partial charge in [0.1, 0.15) is 12.1 Å². The average Bonchev–Trinajstić information content (AvgIpc) is 2.93. The Kier molecular flexibility index (Phi) is 13.6.